The van der Waals surface area contributed by atoms with Crippen LogP contribution in [-0.2, 0) is 13.0 Å². The number of rotatable bonds is 5. The average Bonchev–Trinajstić information content (AvgIpc) is 3.23. The number of nitrogens with one attached hydrogen (secondary N) is 1. The molecule has 25 heavy (non-hydrogen) atoms. The zero-order valence-corrected chi connectivity index (χ0v) is 13.9. The highest BCUT2D eigenvalue weighted by molar-refractivity contribution is 6.06. The third kappa shape index (κ3) is 3.08. The fraction of sp³-hybridized carbons (Fsp3) is 0.150. The Hall–Kier alpha value is -3.21. The van der Waals surface area contributed by atoms with Gasteiger partial charge in [0.15, 0.2) is 5.78 Å². The van der Waals surface area contributed by atoms with Crippen molar-refractivity contribution < 1.29 is 4.79 Å². The summed E-state index contributed by atoms with van der Waals surface area (Å²) in [5.74, 6) is -0.00658. The number of H-pyrrole nitrogens is 1. The van der Waals surface area contributed by atoms with Gasteiger partial charge in [0.25, 0.3) is 0 Å². The normalized spacial score (nSPS) is 11.1. The SMILES string of the molecule is Cc1ccccc1Cn1cc(CC(=O)c2n[nH]c3ccccc23)cn1. The molecule has 124 valence electrons. The van der Waals surface area contributed by atoms with Crippen molar-refractivity contribution in [3.8, 4) is 0 Å². The molecule has 0 aliphatic heterocycles. The number of carbonyl (C=O) groups is 1. The van der Waals surface area contributed by atoms with E-state index in [0.29, 0.717) is 18.7 Å². The van der Waals surface area contributed by atoms with E-state index >= 15 is 0 Å². The molecule has 4 aromatic rings. The molecule has 0 saturated heterocycles. The molecule has 0 saturated carbocycles. The highest BCUT2D eigenvalue weighted by Gasteiger charge is 2.15. The van der Waals surface area contributed by atoms with Gasteiger partial charge in [-0.05, 0) is 29.7 Å². The maximum atomic E-state index is 12.6. The van der Waals surface area contributed by atoms with E-state index in [1.807, 2.05) is 47.3 Å². The van der Waals surface area contributed by atoms with E-state index < -0.39 is 0 Å². The topological polar surface area (TPSA) is 63.6 Å². The minimum atomic E-state index is -0.00658. The van der Waals surface area contributed by atoms with Crippen LogP contribution >= 0.6 is 0 Å². The van der Waals surface area contributed by atoms with Crippen molar-refractivity contribution in [2.45, 2.75) is 19.9 Å². The number of hydrogen-bond acceptors (Lipinski definition) is 3. The van der Waals surface area contributed by atoms with Gasteiger partial charge in [-0.3, -0.25) is 14.6 Å². The number of aromatic amines is 1. The smallest absolute Gasteiger partial charge is 0.188 e. The predicted molar refractivity (Wildman–Crippen MR) is 96.6 cm³/mol. The number of nitrogens with zero attached hydrogens (tertiary/aromatic N) is 3. The van der Waals surface area contributed by atoms with Crippen molar-refractivity contribution in [3.63, 3.8) is 0 Å². The number of benzene rings is 2. The lowest BCUT2D eigenvalue weighted by atomic mass is 10.1. The first-order valence-electron chi connectivity index (χ1n) is 8.23. The minimum absolute atomic E-state index is 0.00658. The molecule has 2 aromatic carbocycles. The first-order chi connectivity index (χ1) is 12.2. The van der Waals surface area contributed by atoms with Gasteiger partial charge in [0, 0.05) is 18.0 Å². The summed E-state index contributed by atoms with van der Waals surface area (Å²) in [6.07, 6.45) is 3.98. The van der Waals surface area contributed by atoms with E-state index in [1.165, 1.54) is 11.1 Å². The lowest BCUT2D eigenvalue weighted by molar-refractivity contribution is 0.0989. The molecule has 4 rings (SSSR count). The molecule has 0 fully saturated rings. The van der Waals surface area contributed by atoms with E-state index in [2.05, 4.69) is 34.4 Å². The number of carbonyl (C=O) groups excluding carboxylic acids is 1. The van der Waals surface area contributed by atoms with Crippen LogP contribution in [0.4, 0.5) is 0 Å². The Labute approximate surface area is 145 Å². The van der Waals surface area contributed by atoms with E-state index in [0.717, 1.165) is 16.5 Å². The third-order valence-corrected chi connectivity index (χ3v) is 4.38. The van der Waals surface area contributed by atoms with Crippen LogP contribution in [-0.4, -0.2) is 25.8 Å². The number of para-hydroxylation sites is 1. The van der Waals surface area contributed by atoms with Gasteiger partial charge in [-0.1, -0.05) is 42.5 Å². The Morgan fingerprint density at radius 1 is 1.12 bits per heavy atom. The molecular formula is C20H18N4O. The Kier molecular flexibility index (Phi) is 3.90. The van der Waals surface area contributed by atoms with Crippen LogP contribution in [0.1, 0.15) is 27.2 Å². The van der Waals surface area contributed by atoms with Crippen LogP contribution in [0.2, 0.25) is 0 Å². The standard InChI is InChI=1S/C20H18N4O/c1-14-6-2-3-7-16(14)13-24-12-15(11-21-24)10-19(25)20-17-8-4-5-9-18(17)22-23-20/h2-9,11-12H,10,13H2,1H3,(H,22,23). The summed E-state index contributed by atoms with van der Waals surface area (Å²) in [6.45, 7) is 2.79. The Morgan fingerprint density at radius 3 is 2.80 bits per heavy atom. The predicted octanol–water partition coefficient (Wildman–Crippen LogP) is 3.54. The lowest BCUT2D eigenvalue weighted by Gasteiger charge is -2.05. The van der Waals surface area contributed by atoms with Crippen LogP contribution in [0.3, 0.4) is 0 Å². The van der Waals surface area contributed by atoms with Crippen LogP contribution < -0.4 is 0 Å². The van der Waals surface area contributed by atoms with Crippen molar-refractivity contribution in [1.29, 1.82) is 0 Å². The van der Waals surface area contributed by atoms with Gasteiger partial charge < -0.3 is 0 Å². The maximum Gasteiger partial charge on any atom is 0.188 e. The van der Waals surface area contributed by atoms with E-state index in [-0.39, 0.29) is 5.78 Å². The second-order valence-electron chi connectivity index (χ2n) is 6.19. The number of fused-ring (bicyclic) bond motifs is 1. The largest absolute Gasteiger partial charge is 0.292 e. The zero-order chi connectivity index (χ0) is 17.2. The highest BCUT2D eigenvalue weighted by Crippen LogP contribution is 2.17. The molecule has 0 spiro atoms. The third-order valence-electron chi connectivity index (χ3n) is 4.38. The van der Waals surface area contributed by atoms with Crippen LogP contribution in [0.15, 0.2) is 60.9 Å². The van der Waals surface area contributed by atoms with E-state index in [4.69, 9.17) is 0 Å². The molecule has 0 atom stereocenters. The van der Waals surface area contributed by atoms with E-state index in [1.54, 1.807) is 6.20 Å². The second kappa shape index (κ2) is 6.36. The first-order valence-corrected chi connectivity index (χ1v) is 8.23. The van der Waals surface area contributed by atoms with Crippen LogP contribution in [0, 0.1) is 6.92 Å². The fourth-order valence-corrected chi connectivity index (χ4v) is 2.99. The maximum absolute atomic E-state index is 12.6. The summed E-state index contributed by atoms with van der Waals surface area (Å²) in [5.41, 5.74) is 4.72. The van der Waals surface area contributed by atoms with Gasteiger partial charge in [0.1, 0.15) is 5.69 Å². The number of Topliss-reactive ketones (excluding diaryl/α,β-unsaturated/α-hetero) is 1. The molecule has 0 radical (unpaired) electrons. The molecule has 5 heteroatoms. The molecular weight excluding hydrogens is 312 g/mol. The summed E-state index contributed by atoms with van der Waals surface area (Å²) in [6, 6.07) is 15.9. The molecule has 0 unspecified atom stereocenters. The molecule has 0 aliphatic carbocycles. The van der Waals surface area contributed by atoms with Crippen molar-refractivity contribution in [2.75, 3.05) is 0 Å². The number of ketones is 1. The van der Waals surface area contributed by atoms with Gasteiger partial charge in [-0.2, -0.15) is 10.2 Å². The van der Waals surface area contributed by atoms with Gasteiger partial charge >= 0.3 is 0 Å². The highest BCUT2D eigenvalue weighted by atomic mass is 16.1. The molecule has 5 nitrogen and oxygen atoms in total. The van der Waals surface area contributed by atoms with Gasteiger partial charge in [-0.15, -0.1) is 0 Å². The number of hydrogen-bond donors (Lipinski definition) is 1. The zero-order valence-electron chi connectivity index (χ0n) is 13.9. The Morgan fingerprint density at radius 2 is 1.92 bits per heavy atom. The van der Waals surface area contributed by atoms with Crippen molar-refractivity contribution >= 4 is 16.7 Å². The molecule has 2 heterocycles. The monoisotopic (exact) mass is 330 g/mol. The lowest BCUT2D eigenvalue weighted by Crippen LogP contribution is -2.04. The average molecular weight is 330 g/mol. The summed E-state index contributed by atoms with van der Waals surface area (Å²) in [7, 11) is 0. The van der Waals surface area contributed by atoms with Gasteiger partial charge in [0.05, 0.1) is 18.3 Å². The number of aromatic nitrogens is 4. The summed E-state index contributed by atoms with van der Waals surface area (Å²) in [4.78, 5) is 12.6. The quantitative estimate of drug-likeness (QED) is 0.569. The fourth-order valence-electron chi connectivity index (χ4n) is 2.99. The molecule has 0 aliphatic rings. The Balaban J connectivity index is 1.51. The first kappa shape index (κ1) is 15.3. The number of aryl methyl sites for hydroxylation is 1. The molecule has 0 amide bonds. The molecule has 1 N–H and O–H groups in total. The van der Waals surface area contributed by atoms with Crippen LogP contribution in [0.25, 0.3) is 10.9 Å². The van der Waals surface area contributed by atoms with E-state index in [9.17, 15) is 4.79 Å². The summed E-state index contributed by atoms with van der Waals surface area (Å²) >= 11 is 0. The summed E-state index contributed by atoms with van der Waals surface area (Å²) in [5, 5.41) is 12.3. The summed E-state index contributed by atoms with van der Waals surface area (Å²) < 4.78 is 1.87. The Bertz CT molecular complexity index is 1040. The van der Waals surface area contributed by atoms with Crippen molar-refractivity contribution in [2.24, 2.45) is 0 Å². The second-order valence-corrected chi connectivity index (χ2v) is 6.19. The van der Waals surface area contributed by atoms with Crippen molar-refractivity contribution in [1.82, 2.24) is 20.0 Å². The van der Waals surface area contributed by atoms with Gasteiger partial charge in [-0.25, -0.2) is 0 Å². The minimum Gasteiger partial charge on any atom is -0.292 e. The van der Waals surface area contributed by atoms with Crippen molar-refractivity contribution in [3.05, 3.63) is 83.3 Å². The molecule has 0 bridgehead atoms. The molecule has 2 aromatic heterocycles. The van der Waals surface area contributed by atoms with Crippen LogP contribution in [0.5, 0.6) is 0 Å². The van der Waals surface area contributed by atoms with Gasteiger partial charge in [0.2, 0.25) is 0 Å².